The van der Waals surface area contributed by atoms with Crippen molar-refractivity contribution in [3.05, 3.63) is 64.6 Å². The van der Waals surface area contributed by atoms with E-state index in [4.69, 9.17) is 12.2 Å². The lowest BCUT2D eigenvalue weighted by Gasteiger charge is -2.29. The number of fused-ring (bicyclic) bond motifs is 1. The van der Waals surface area contributed by atoms with Crippen LogP contribution < -0.4 is 9.64 Å². The summed E-state index contributed by atoms with van der Waals surface area (Å²) in [6.45, 7) is -1.95. The standard InChI is InChI=1S/C24H22F2N2O3S2/c25-23(26)31-19-11-4-2-8-17(19)15-20-22(30)28(24(32)33-20)14-6-12-21(29)27-13-5-9-16-7-1-3-10-18(16)27/h1-4,7-8,10-11,15,23H,5-6,9,12-14H2. The summed E-state index contributed by atoms with van der Waals surface area (Å²) < 4.78 is 30.2. The van der Waals surface area contributed by atoms with E-state index in [1.54, 1.807) is 18.2 Å². The SMILES string of the molecule is O=C1C(=Cc2ccccc2OC(F)F)SC(=S)N1CCCC(=O)N1CCCc2ccccc21. The Labute approximate surface area is 200 Å². The van der Waals surface area contributed by atoms with Crippen molar-refractivity contribution >= 4 is 51.9 Å². The van der Waals surface area contributed by atoms with Crippen LogP contribution in [0.5, 0.6) is 5.75 Å². The van der Waals surface area contributed by atoms with Gasteiger partial charge in [0.15, 0.2) is 0 Å². The largest absolute Gasteiger partial charge is 0.434 e. The fourth-order valence-electron chi connectivity index (χ4n) is 3.95. The van der Waals surface area contributed by atoms with Crippen LogP contribution in [0.25, 0.3) is 6.08 Å². The second kappa shape index (κ2) is 10.4. The van der Waals surface area contributed by atoms with Gasteiger partial charge in [-0.1, -0.05) is 60.4 Å². The van der Waals surface area contributed by atoms with Crippen molar-refractivity contribution < 1.29 is 23.1 Å². The number of anilines is 1. The molecule has 0 spiro atoms. The van der Waals surface area contributed by atoms with Crippen LogP contribution in [0.3, 0.4) is 0 Å². The summed E-state index contributed by atoms with van der Waals surface area (Å²) >= 11 is 6.46. The smallest absolute Gasteiger partial charge is 0.387 e. The van der Waals surface area contributed by atoms with E-state index < -0.39 is 6.61 Å². The Kier molecular flexibility index (Phi) is 7.39. The molecule has 0 radical (unpaired) electrons. The van der Waals surface area contributed by atoms with Gasteiger partial charge in [-0.25, -0.2) is 0 Å². The van der Waals surface area contributed by atoms with Gasteiger partial charge in [0, 0.05) is 30.8 Å². The number of hydrogen-bond donors (Lipinski definition) is 0. The van der Waals surface area contributed by atoms with Crippen molar-refractivity contribution in [1.29, 1.82) is 0 Å². The maximum Gasteiger partial charge on any atom is 0.387 e. The van der Waals surface area contributed by atoms with Crippen LogP contribution >= 0.6 is 24.0 Å². The number of rotatable bonds is 7. The zero-order valence-corrected chi connectivity index (χ0v) is 19.3. The molecule has 5 nitrogen and oxygen atoms in total. The number of carbonyl (C=O) groups excluding carboxylic acids is 2. The van der Waals surface area contributed by atoms with Crippen LogP contribution in [0.15, 0.2) is 53.4 Å². The van der Waals surface area contributed by atoms with E-state index in [2.05, 4.69) is 4.74 Å². The minimum Gasteiger partial charge on any atom is -0.434 e. The first-order valence-electron chi connectivity index (χ1n) is 10.6. The third kappa shape index (κ3) is 5.42. The number of thiocarbonyl (C=S) groups is 1. The van der Waals surface area contributed by atoms with Crippen LogP contribution in [-0.2, 0) is 16.0 Å². The van der Waals surface area contributed by atoms with Crippen molar-refractivity contribution in [3.8, 4) is 5.75 Å². The minimum atomic E-state index is -2.96. The van der Waals surface area contributed by atoms with Crippen molar-refractivity contribution in [2.75, 3.05) is 18.0 Å². The topological polar surface area (TPSA) is 49.9 Å². The monoisotopic (exact) mass is 488 g/mol. The highest BCUT2D eigenvalue weighted by Gasteiger charge is 2.32. The molecule has 0 N–H and O–H groups in total. The van der Waals surface area contributed by atoms with E-state index >= 15 is 0 Å². The highest BCUT2D eigenvalue weighted by molar-refractivity contribution is 8.26. The molecule has 9 heteroatoms. The molecule has 33 heavy (non-hydrogen) atoms. The maximum atomic E-state index is 12.9. The molecular formula is C24H22F2N2O3S2. The number of nitrogens with zero attached hydrogens (tertiary/aromatic N) is 2. The number of benzene rings is 2. The molecule has 4 rings (SSSR count). The highest BCUT2D eigenvalue weighted by Crippen LogP contribution is 2.35. The van der Waals surface area contributed by atoms with Gasteiger partial charge in [-0.3, -0.25) is 14.5 Å². The highest BCUT2D eigenvalue weighted by atomic mass is 32.2. The van der Waals surface area contributed by atoms with E-state index in [1.165, 1.54) is 22.6 Å². The Morgan fingerprint density at radius 3 is 2.76 bits per heavy atom. The molecule has 0 bridgehead atoms. The third-order valence-electron chi connectivity index (χ3n) is 5.48. The second-order valence-corrected chi connectivity index (χ2v) is 9.31. The van der Waals surface area contributed by atoms with Crippen LogP contribution in [0.1, 0.15) is 30.4 Å². The van der Waals surface area contributed by atoms with Gasteiger partial charge in [-0.15, -0.1) is 0 Å². The minimum absolute atomic E-state index is 0.00909. The number of ether oxygens (including phenoxy) is 1. The van der Waals surface area contributed by atoms with Gasteiger partial charge in [0.1, 0.15) is 10.1 Å². The molecule has 1 saturated heterocycles. The summed E-state index contributed by atoms with van der Waals surface area (Å²) in [5.41, 5.74) is 2.51. The molecule has 0 aromatic heterocycles. The number of para-hydroxylation sites is 2. The first-order valence-corrected chi connectivity index (χ1v) is 11.8. The molecule has 0 unspecified atom stereocenters. The van der Waals surface area contributed by atoms with E-state index in [1.807, 2.05) is 29.2 Å². The lowest BCUT2D eigenvalue weighted by atomic mass is 10.0. The Balaban J connectivity index is 1.38. The van der Waals surface area contributed by atoms with Crippen molar-refractivity contribution in [3.63, 3.8) is 0 Å². The lowest BCUT2D eigenvalue weighted by Crippen LogP contribution is -2.36. The average molecular weight is 489 g/mol. The molecule has 2 aliphatic heterocycles. The summed E-state index contributed by atoms with van der Waals surface area (Å²) in [7, 11) is 0. The molecule has 0 aliphatic carbocycles. The Bertz CT molecular complexity index is 1110. The number of halogens is 2. The molecule has 2 amide bonds. The summed E-state index contributed by atoms with van der Waals surface area (Å²) in [5, 5.41) is 0. The predicted octanol–water partition coefficient (Wildman–Crippen LogP) is 5.25. The average Bonchev–Trinajstić information content (AvgIpc) is 3.07. The Morgan fingerprint density at radius 1 is 1.18 bits per heavy atom. The quantitative estimate of drug-likeness (QED) is 0.394. The molecule has 2 aromatic carbocycles. The third-order valence-corrected chi connectivity index (χ3v) is 6.86. The molecule has 0 atom stereocenters. The van der Waals surface area contributed by atoms with Crippen LogP contribution in [0, 0.1) is 0 Å². The summed E-state index contributed by atoms with van der Waals surface area (Å²) in [6, 6.07) is 14.2. The normalized spacial score (nSPS) is 17.1. The van der Waals surface area contributed by atoms with Gasteiger partial charge in [-0.2, -0.15) is 8.78 Å². The van der Waals surface area contributed by atoms with Crippen LogP contribution in [0.4, 0.5) is 14.5 Å². The van der Waals surface area contributed by atoms with E-state index in [0.29, 0.717) is 40.7 Å². The van der Waals surface area contributed by atoms with Crippen LogP contribution in [0.2, 0.25) is 0 Å². The number of thioether (sulfide) groups is 1. The molecule has 2 aromatic rings. The zero-order chi connectivity index (χ0) is 23.4. The fourth-order valence-corrected chi connectivity index (χ4v) is 5.25. The van der Waals surface area contributed by atoms with Gasteiger partial charge in [0.25, 0.3) is 5.91 Å². The Hall–Kier alpha value is -2.78. The van der Waals surface area contributed by atoms with Gasteiger partial charge in [0.05, 0.1) is 4.91 Å². The number of carbonyl (C=O) groups is 2. The molecule has 1 fully saturated rings. The Morgan fingerprint density at radius 2 is 1.94 bits per heavy atom. The van der Waals surface area contributed by atoms with E-state index in [-0.39, 0.29) is 17.6 Å². The number of aryl methyl sites for hydroxylation is 1. The molecule has 0 saturated carbocycles. The molecule has 2 aliphatic rings. The fraction of sp³-hybridized carbons (Fsp3) is 0.292. The predicted molar refractivity (Wildman–Crippen MR) is 129 cm³/mol. The molecule has 172 valence electrons. The summed E-state index contributed by atoms with van der Waals surface area (Å²) in [6.07, 6.45) is 4.18. The lowest BCUT2D eigenvalue weighted by molar-refractivity contribution is -0.123. The summed E-state index contributed by atoms with van der Waals surface area (Å²) in [4.78, 5) is 29.3. The number of amides is 2. The van der Waals surface area contributed by atoms with Gasteiger partial charge in [0.2, 0.25) is 5.91 Å². The van der Waals surface area contributed by atoms with E-state index in [9.17, 15) is 18.4 Å². The van der Waals surface area contributed by atoms with E-state index in [0.717, 1.165) is 30.3 Å². The van der Waals surface area contributed by atoms with Gasteiger partial charge >= 0.3 is 6.61 Å². The number of alkyl halides is 2. The number of hydrogen-bond acceptors (Lipinski definition) is 5. The first-order chi connectivity index (χ1) is 15.9. The van der Waals surface area contributed by atoms with Crippen molar-refractivity contribution in [2.45, 2.75) is 32.3 Å². The molecule has 2 heterocycles. The van der Waals surface area contributed by atoms with Gasteiger partial charge < -0.3 is 9.64 Å². The van der Waals surface area contributed by atoms with Crippen molar-refractivity contribution in [1.82, 2.24) is 4.90 Å². The maximum absolute atomic E-state index is 12.9. The first kappa shape index (κ1) is 23.4. The van der Waals surface area contributed by atoms with Crippen molar-refractivity contribution in [2.24, 2.45) is 0 Å². The zero-order valence-electron chi connectivity index (χ0n) is 17.7. The molecular weight excluding hydrogens is 466 g/mol. The van der Waals surface area contributed by atoms with Gasteiger partial charge in [-0.05, 0) is 43.0 Å². The summed E-state index contributed by atoms with van der Waals surface area (Å²) in [5.74, 6) is -0.279. The second-order valence-electron chi connectivity index (χ2n) is 7.63. The van der Waals surface area contributed by atoms with Crippen LogP contribution in [-0.4, -0.2) is 40.7 Å².